The standard InChI is InChI=1S/C14H21Cl2N/c1-10(2)5-4-8-17-11(3)13-7-6-12(15)9-14(13)16/h6-7,9-11,17H,4-5,8H2,1-3H3. The first-order valence-corrected chi connectivity index (χ1v) is 6.94. The highest BCUT2D eigenvalue weighted by atomic mass is 35.5. The zero-order valence-corrected chi connectivity index (χ0v) is 12.3. The second kappa shape index (κ2) is 7.25. The lowest BCUT2D eigenvalue weighted by atomic mass is 10.1. The van der Waals surface area contributed by atoms with E-state index in [9.17, 15) is 0 Å². The van der Waals surface area contributed by atoms with Crippen molar-refractivity contribution in [3.8, 4) is 0 Å². The second-order valence-corrected chi connectivity index (χ2v) is 5.72. The minimum atomic E-state index is 0.270. The van der Waals surface area contributed by atoms with E-state index in [1.165, 1.54) is 12.8 Å². The van der Waals surface area contributed by atoms with Crippen molar-refractivity contribution < 1.29 is 0 Å². The van der Waals surface area contributed by atoms with Gasteiger partial charge in [-0.25, -0.2) is 0 Å². The molecule has 0 spiro atoms. The topological polar surface area (TPSA) is 12.0 Å². The molecule has 0 aliphatic heterocycles. The molecule has 1 aromatic carbocycles. The third-order valence-electron chi connectivity index (χ3n) is 2.84. The Morgan fingerprint density at radius 2 is 1.88 bits per heavy atom. The molecular weight excluding hydrogens is 253 g/mol. The summed E-state index contributed by atoms with van der Waals surface area (Å²) in [5.41, 5.74) is 1.11. The number of halogens is 2. The smallest absolute Gasteiger partial charge is 0.0468 e. The van der Waals surface area contributed by atoms with Crippen molar-refractivity contribution >= 4 is 23.2 Å². The molecule has 0 fully saturated rings. The fraction of sp³-hybridized carbons (Fsp3) is 0.571. The Labute approximate surface area is 115 Å². The van der Waals surface area contributed by atoms with Crippen molar-refractivity contribution in [3.05, 3.63) is 33.8 Å². The van der Waals surface area contributed by atoms with Gasteiger partial charge >= 0.3 is 0 Å². The van der Waals surface area contributed by atoms with E-state index in [2.05, 4.69) is 26.1 Å². The van der Waals surface area contributed by atoms with Gasteiger partial charge in [-0.3, -0.25) is 0 Å². The number of hydrogen-bond donors (Lipinski definition) is 1. The van der Waals surface area contributed by atoms with Crippen LogP contribution >= 0.6 is 23.2 Å². The van der Waals surface area contributed by atoms with Crippen LogP contribution < -0.4 is 5.32 Å². The Bertz CT molecular complexity index is 350. The monoisotopic (exact) mass is 273 g/mol. The molecule has 1 aromatic rings. The molecule has 0 amide bonds. The highest BCUT2D eigenvalue weighted by molar-refractivity contribution is 6.35. The summed E-state index contributed by atoms with van der Waals surface area (Å²) in [4.78, 5) is 0. The molecule has 0 bridgehead atoms. The lowest BCUT2D eigenvalue weighted by Gasteiger charge is -2.16. The summed E-state index contributed by atoms with van der Waals surface area (Å²) in [5.74, 6) is 0.770. The molecule has 0 aromatic heterocycles. The first-order chi connectivity index (χ1) is 8.00. The second-order valence-electron chi connectivity index (χ2n) is 4.88. The zero-order valence-electron chi connectivity index (χ0n) is 10.8. The van der Waals surface area contributed by atoms with Crippen LogP contribution in [0.5, 0.6) is 0 Å². The van der Waals surface area contributed by atoms with Crippen LogP contribution in [0.3, 0.4) is 0 Å². The van der Waals surface area contributed by atoms with Gasteiger partial charge in [0.1, 0.15) is 0 Å². The van der Waals surface area contributed by atoms with Crippen LogP contribution in [0.1, 0.15) is 45.2 Å². The van der Waals surface area contributed by atoms with Crippen molar-refractivity contribution in [3.63, 3.8) is 0 Å². The molecule has 0 aliphatic carbocycles. The highest BCUT2D eigenvalue weighted by Crippen LogP contribution is 2.26. The van der Waals surface area contributed by atoms with Gasteiger partial charge in [0.15, 0.2) is 0 Å². The Kier molecular flexibility index (Phi) is 6.32. The average molecular weight is 274 g/mol. The van der Waals surface area contributed by atoms with Gasteiger partial charge in [-0.15, -0.1) is 0 Å². The third-order valence-corrected chi connectivity index (χ3v) is 3.40. The molecule has 1 unspecified atom stereocenters. The van der Waals surface area contributed by atoms with Crippen LogP contribution in [0.4, 0.5) is 0 Å². The lowest BCUT2D eigenvalue weighted by molar-refractivity contribution is 0.497. The molecule has 1 N–H and O–H groups in total. The lowest BCUT2D eigenvalue weighted by Crippen LogP contribution is -2.20. The Morgan fingerprint density at radius 1 is 1.18 bits per heavy atom. The van der Waals surface area contributed by atoms with Crippen LogP contribution in [-0.4, -0.2) is 6.54 Å². The first kappa shape index (κ1) is 14.8. The van der Waals surface area contributed by atoms with E-state index in [0.717, 1.165) is 23.0 Å². The molecule has 1 rings (SSSR count). The van der Waals surface area contributed by atoms with Gasteiger partial charge in [0, 0.05) is 16.1 Å². The minimum Gasteiger partial charge on any atom is -0.310 e. The summed E-state index contributed by atoms with van der Waals surface area (Å²) in [5, 5.41) is 4.91. The molecule has 17 heavy (non-hydrogen) atoms. The SMILES string of the molecule is CC(C)CCCNC(C)c1ccc(Cl)cc1Cl. The van der Waals surface area contributed by atoms with Gasteiger partial charge in [0.2, 0.25) is 0 Å². The fourth-order valence-corrected chi connectivity index (χ4v) is 2.36. The van der Waals surface area contributed by atoms with Crippen LogP contribution in [0.25, 0.3) is 0 Å². The van der Waals surface area contributed by atoms with Gasteiger partial charge < -0.3 is 5.32 Å². The van der Waals surface area contributed by atoms with E-state index < -0.39 is 0 Å². The van der Waals surface area contributed by atoms with Gasteiger partial charge in [-0.05, 0) is 49.9 Å². The van der Waals surface area contributed by atoms with Crippen LogP contribution in [0.2, 0.25) is 10.0 Å². The Morgan fingerprint density at radius 3 is 2.47 bits per heavy atom. The summed E-state index contributed by atoms with van der Waals surface area (Å²) in [6, 6.07) is 5.94. The van der Waals surface area contributed by atoms with E-state index in [4.69, 9.17) is 23.2 Å². The van der Waals surface area contributed by atoms with Crippen molar-refractivity contribution in [2.45, 2.75) is 39.7 Å². The molecule has 96 valence electrons. The Balaban J connectivity index is 2.44. The maximum atomic E-state index is 6.16. The van der Waals surface area contributed by atoms with Crippen molar-refractivity contribution in [1.82, 2.24) is 5.32 Å². The number of rotatable bonds is 6. The average Bonchev–Trinajstić information content (AvgIpc) is 2.23. The Hall–Kier alpha value is -0.240. The van der Waals surface area contributed by atoms with Gasteiger partial charge in [-0.1, -0.05) is 43.1 Å². The molecule has 3 heteroatoms. The van der Waals surface area contributed by atoms with Gasteiger partial charge in [0.25, 0.3) is 0 Å². The molecule has 1 nitrogen and oxygen atoms in total. The summed E-state index contributed by atoms with van der Waals surface area (Å²) < 4.78 is 0. The van der Waals surface area contributed by atoms with Crippen LogP contribution in [0.15, 0.2) is 18.2 Å². The van der Waals surface area contributed by atoms with E-state index in [-0.39, 0.29) is 6.04 Å². The predicted octanol–water partition coefficient (Wildman–Crippen LogP) is 5.08. The molecule has 0 saturated heterocycles. The fourth-order valence-electron chi connectivity index (χ4n) is 1.79. The number of hydrogen-bond acceptors (Lipinski definition) is 1. The summed E-state index contributed by atoms with van der Waals surface area (Å²) >= 11 is 12.0. The molecule has 1 atom stereocenters. The molecule has 0 aliphatic rings. The normalized spacial score (nSPS) is 13.1. The molecule has 0 heterocycles. The van der Waals surface area contributed by atoms with E-state index >= 15 is 0 Å². The summed E-state index contributed by atoms with van der Waals surface area (Å²) in [6.45, 7) is 7.65. The van der Waals surface area contributed by atoms with E-state index in [1.807, 2.05) is 12.1 Å². The molecule has 0 saturated carbocycles. The van der Waals surface area contributed by atoms with Crippen LogP contribution in [0, 0.1) is 5.92 Å². The maximum absolute atomic E-state index is 6.16. The summed E-state index contributed by atoms with van der Waals surface area (Å²) in [7, 11) is 0. The van der Waals surface area contributed by atoms with E-state index in [1.54, 1.807) is 6.07 Å². The minimum absolute atomic E-state index is 0.270. The number of nitrogens with one attached hydrogen (secondary N) is 1. The number of benzene rings is 1. The van der Waals surface area contributed by atoms with Gasteiger partial charge in [0.05, 0.1) is 0 Å². The van der Waals surface area contributed by atoms with Crippen LogP contribution in [-0.2, 0) is 0 Å². The third kappa shape index (κ3) is 5.29. The van der Waals surface area contributed by atoms with Crippen molar-refractivity contribution in [1.29, 1.82) is 0 Å². The quantitative estimate of drug-likeness (QED) is 0.713. The van der Waals surface area contributed by atoms with E-state index in [0.29, 0.717) is 5.02 Å². The maximum Gasteiger partial charge on any atom is 0.0468 e. The summed E-state index contributed by atoms with van der Waals surface area (Å²) in [6.07, 6.45) is 2.46. The predicted molar refractivity (Wildman–Crippen MR) is 77.0 cm³/mol. The first-order valence-electron chi connectivity index (χ1n) is 6.19. The van der Waals surface area contributed by atoms with Gasteiger partial charge in [-0.2, -0.15) is 0 Å². The zero-order chi connectivity index (χ0) is 12.8. The van der Waals surface area contributed by atoms with Crippen molar-refractivity contribution in [2.24, 2.45) is 5.92 Å². The van der Waals surface area contributed by atoms with Crippen molar-refractivity contribution in [2.75, 3.05) is 6.54 Å². The largest absolute Gasteiger partial charge is 0.310 e. The molecule has 0 radical (unpaired) electrons. The highest BCUT2D eigenvalue weighted by Gasteiger charge is 2.09. The molecular formula is C14H21Cl2N.